The zero-order valence-corrected chi connectivity index (χ0v) is 13.4. The second-order valence-electron chi connectivity index (χ2n) is 8.52. The van der Waals surface area contributed by atoms with Crippen molar-refractivity contribution in [3.63, 3.8) is 0 Å². The molecule has 0 spiro atoms. The number of rotatable bonds is 2. The lowest BCUT2D eigenvalue weighted by molar-refractivity contribution is 0.104. The van der Waals surface area contributed by atoms with Gasteiger partial charge in [-0.3, -0.25) is 0 Å². The van der Waals surface area contributed by atoms with Crippen LogP contribution < -0.4 is 0 Å². The Labute approximate surface area is 120 Å². The highest BCUT2D eigenvalue weighted by Crippen LogP contribution is 2.48. The molecule has 0 saturated heterocycles. The van der Waals surface area contributed by atoms with Gasteiger partial charge in [-0.15, -0.1) is 0 Å². The topological polar surface area (TPSA) is 0 Å². The molecule has 3 aliphatic rings. The Morgan fingerprint density at radius 2 is 1.37 bits per heavy atom. The van der Waals surface area contributed by atoms with Crippen LogP contribution in [0.25, 0.3) is 0 Å². The third kappa shape index (κ3) is 3.03. The normalized spacial score (nSPS) is 51.0. The second kappa shape index (κ2) is 5.78. The summed E-state index contributed by atoms with van der Waals surface area (Å²) in [4.78, 5) is 0. The van der Waals surface area contributed by atoms with Crippen molar-refractivity contribution in [1.29, 1.82) is 0 Å². The molecular formula is C19H34. The van der Waals surface area contributed by atoms with Crippen LogP contribution in [0, 0.1) is 41.4 Å². The summed E-state index contributed by atoms with van der Waals surface area (Å²) in [7, 11) is 0. The Kier molecular flexibility index (Phi) is 4.25. The van der Waals surface area contributed by atoms with E-state index < -0.39 is 0 Å². The van der Waals surface area contributed by atoms with Crippen molar-refractivity contribution in [2.75, 3.05) is 0 Å². The number of hydrogen-bond acceptors (Lipinski definition) is 0. The van der Waals surface area contributed by atoms with E-state index in [9.17, 15) is 0 Å². The first-order valence-corrected chi connectivity index (χ1v) is 9.13. The highest BCUT2D eigenvalue weighted by Gasteiger charge is 2.36. The van der Waals surface area contributed by atoms with E-state index >= 15 is 0 Å². The molecule has 5 unspecified atom stereocenters. The molecule has 0 aromatic rings. The van der Waals surface area contributed by atoms with Crippen LogP contribution in [-0.4, -0.2) is 0 Å². The minimum Gasteiger partial charge on any atom is -0.0622 e. The lowest BCUT2D eigenvalue weighted by Gasteiger charge is -2.40. The zero-order valence-electron chi connectivity index (χ0n) is 13.4. The Balaban J connectivity index is 1.51. The van der Waals surface area contributed by atoms with Crippen LogP contribution in [0.1, 0.15) is 78.6 Å². The summed E-state index contributed by atoms with van der Waals surface area (Å²) < 4.78 is 0. The van der Waals surface area contributed by atoms with Gasteiger partial charge in [-0.25, -0.2) is 0 Å². The maximum absolute atomic E-state index is 2.50. The van der Waals surface area contributed by atoms with E-state index in [0.29, 0.717) is 0 Å². The van der Waals surface area contributed by atoms with E-state index in [1.165, 1.54) is 19.3 Å². The molecule has 0 aliphatic heterocycles. The number of fused-ring (bicyclic) bond motifs is 1. The van der Waals surface area contributed by atoms with Gasteiger partial charge in [0.05, 0.1) is 0 Å². The molecule has 5 atom stereocenters. The average molecular weight is 262 g/mol. The van der Waals surface area contributed by atoms with Crippen molar-refractivity contribution < 1.29 is 0 Å². The third-order valence-electron chi connectivity index (χ3n) is 7.27. The fourth-order valence-electron chi connectivity index (χ4n) is 5.82. The SMILES string of the molecule is CC1CC(CC2CCC3CCCC3C2)CC(C)C1C. The van der Waals surface area contributed by atoms with Crippen molar-refractivity contribution in [3.05, 3.63) is 0 Å². The van der Waals surface area contributed by atoms with Gasteiger partial charge in [0.1, 0.15) is 0 Å². The predicted molar refractivity (Wildman–Crippen MR) is 83.0 cm³/mol. The molecule has 0 heteroatoms. The molecule has 0 amide bonds. The van der Waals surface area contributed by atoms with Gasteiger partial charge in [0.25, 0.3) is 0 Å². The van der Waals surface area contributed by atoms with Crippen molar-refractivity contribution in [1.82, 2.24) is 0 Å². The van der Waals surface area contributed by atoms with E-state index in [-0.39, 0.29) is 0 Å². The molecular weight excluding hydrogens is 228 g/mol. The minimum absolute atomic E-state index is 0.960. The van der Waals surface area contributed by atoms with Gasteiger partial charge in [-0.2, -0.15) is 0 Å². The lowest BCUT2D eigenvalue weighted by Crippen LogP contribution is -2.30. The van der Waals surface area contributed by atoms with Crippen LogP contribution in [0.4, 0.5) is 0 Å². The maximum atomic E-state index is 2.50. The first kappa shape index (κ1) is 14.0. The van der Waals surface area contributed by atoms with Crippen LogP contribution in [0.5, 0.6) is 0 Å². The molecule has 110 valence electrons. The second-order valence-corrected chi connectivity index (χ2v) is 8.52. The molecule has 0 bridgehead atoms. The van der Waals surface area contributed by atoms with Gasteiger partial charge in [0.2, 0.25) is 0 Å². The first-order chi connectivity index (χ1) is 9.13. The molecule has 0 nitrogen and oxygen atoms in total. The van der Waals surface area contributed by atoms with Gasteiger partial charge in [-0.1, -0.05) is 46.5 Å². The molecule has 0 heterocycles. The molecule has 0 radical (unpaired) electrons. The maximum Gasteiger partial charge on any atom is -0.0383 e. The minimum atomic E-state index is 0.960. The summed E-state index contributed by atoms with van der Waals surface area (Å²) in [5.41, 5.74) is 0. The summed E-state index contributed by atoms with van der Waals surface area (Å²) >= 11 is 0. The first-order valence-electron chi connectivity index (χ1n) is 9.13. The van der Waals surface area contributed by atoms with E-state index in [1.54, 1.807) is 38.5 Å². The molecule has 0 N–H and O–H groups in total. The summed E-state index contributed by atoms with van der Waals surface area (Å²) in [6.07, 6.45) is 14.0. The molecule has 19 heavy (non-hydrogen) atoms. The Hall–Kier alpha value is 0. The fraction of sp³-hybridized carbons (Fsp3) is 1.00. The molecule has 0 aromatic carbocycles. The van der Waals surface area contributed by atoms with Crippen LogP contribution in [-0.2, 0) is 0 Å². The summed E-state index contributed by atoms with van der Waals surface area (Å²) in [6, 6.07) is 0. The van der Waals surface area contributed by atoms with Crippen molar-refractivity contribution in [3.8, 4) is 0 Å². The Bertz CT molecular complexity index is 282. The van der Waals surface area contributed by atoms with Gasteiger partial charge >= 0.3 is 0 Å². The average Bonchev–Trinajstić information content (AvgIpc) is 2.83. The monoisotopic (exact) mass is 262 g/mol. The standard InChI is InChI=1S/C19H34/c1-13-9-17(10-14(2)15(13)3)11-16-7-8-18-5-4-6-19(18)12-16/h13-19H,4-12H2,1-3H3. The van der Waals surface area contributed by atoms with Gasteiger partial charge < -0.3 is 0 Å². The molecule has 3 aliphatic carbocycles. The smallest absolute Gasteiger partial charge is 0.0383 e. The summed E-state index contributed by atoms with van der Waals surface area (Å²) in [5.74, 6) is 7.33. The van der Waals surface area contributed by atoms with E-state index in [2.05, 4.69) is 20.8 Å². The quantitative estimate of drug-likeness (QED) is 0.580. The van der Waals surface area contributed by atoms with Crippen molar-refractivity contribution >= 4 is 0 Å². The summed E-state index contributed by atoms with van der Waals surface area (Å²) in [5, 5.41) is 0. The van der Waals surface area contributed by atoms with Crippen molar-refractivity contribution in [2.45, 2.75) is 78.6 Å². The van der Waals surface area contributed by atoms with Crippen molar-refractivity contribution in [2.24, 2.45) is 41.4 Å². The highest BCUT2D eigenvalue weighted by atomic mass is 14.4. The van der Waals surface area contributed by atoms with Crippen LogP contribution >= 0.6 is 0 Å². The Morgan fingerprint density at radius 1 is 0.684 bits per heavy atom. The van der Waals surface area contributed by atoms with Gasteiger partial charge in [0, 0.05) is 0 Å². The zero-order chi connectivity index (χ0) is 13.4. The fourth-order valence-corrected chi connectivity index (χ4v) is 5.82. The van der Waals surface area contributed by atoms with E-state index in [0.717, 1.165) is 41.4 Å². The third-order valence-corrected chi connectivity index (χ3v) is 7.27. The van der Waals surface area contributed by atoms with Gasteiger partial charge in [-0.05, 0) is 73.5 Å². The Morgan fingerprint density at radius 3 is 2.11 bits per heavy atom. The van der Waals surface area contributed by atoms with Crippen LogP contribution in [0.15, 0.2) is 0 Å². The van der Waals surface area contributed by atoms with E-state index in [1.807, 2.05) is 0 Å². The van der Waals surface area contributed by atoms with E-state index in [4.69, 9.17) is 0 Å². The van der Waals surface area contributed by atoms with Gasteiger partial charge in [0.15, 0.2) is 0 Å². The van der Waals surface area contributed by atoms with Crippen LogP contribution in [0.2, 0.25) is 0 Å². The molecule has 3 fully saturated rings. The molecule has 3 saturated carbocycles. The highest BCUT2D eigenvalue weighted by molar-refractivity contribution is 4.87. The number of hydrogen-bond donors (Lipinski definition) is 0. The molecule has 0 aromatic heterocycles. The lowest BCUT2D eigenvalue weighted by atomic mass is 9.65. The molecule has 3 rings (SSSR count). The largest absolute Gasteiger partial charge is 0.0622 e. The van der Waals surface area contributed by atoms with Crippen LogP contribution in [0.3, 0.4) is 0 Å². The summed E-state index contributed by atoms with van der Waals surface area (Å²) in [6.45, 7) is 7.48. The predicted octanol–water partition coefficient (Wildman–Crippen LogP) is 5.91.